The van der Waals surface area contributed by atoms with Crippen LogP contribution in [0.5, 0.6) is 11.5 Å². The van der Waals surface area contributed by atoms with Gasteiger partial charge >= 0.3 is 0 Å². The molecule has 0 saturated heterocycles. The molecule has 1 heterocycles. The average molecular weight is 514 g/mol. The molecule has 0 aliphatic rings. The number of hydrazine groups is 2. The maximum atomic E-state index is 10.9. The number of nitrogens with zero attached hydrogens (tertiary/aromatic N) is 3. The van der Waals surface area contributed by atoms with Crippen molar-refractivity contribution in [3.8, 4) is 45.7 Å². The van der Waals surface area contributed by atoms with Crippen LogP contribution in [0.1, 0.15) is 39.5 Å². The Morgan fingerprint density at radius 1 is 0.789 bits per heavy atom. The summed E-state index contributed by atoms with van der Waals surface area (Å²) in [5.74, 6) is 13.5. The average Bonchev–Trinajstić information content (AvgIpc) is 2.97. The van der Waals surface area contributed by atoms with E-state index >= 15 is 0 Å². The number of nitrogens with two attached hydrogens (primary N) is 2. The highest BCUT2D eigenvalue weighted by Gasteiger charge is 2.16. The fraction of sp³-hybridized carbons (Fsp3) is 0.276. The third-order valence-corrected chi connectivity index (χ3v) is 6.49. The van der Waals surface area contributed by atoms with Gasteiger partial charge in [0, 0.05) is 28.6 Å². The van der Waals surface area contributed by atoms with E-state index < -0.39 is 0 Å². The maximum absolute atomic E-state index is 10.9. The van der Waals surface area contributed by atoms with E-state index in [2.05, 4.69) is 24.7 Å². The van der Waals surface area contributed by atoms with Gasteiger partial charge in [-0.3, -0.25) is 11.7 Å². The first-order valence-corrected chi connectivity index (χ1v) is 12.9. The monoisotopic (exact) mass is 513 g/mol. The van der Waals surface area contributed by atoms with Crippen LogP contribution in [0.25, 0.3) is 34.2 Å². The zero-order valence-electron chi connectivity index (χ0n) is 21.8. The van der Waals surface area contributed by atoms with Crippen LogP contribution in [-0.2, 0) is 0 Å². The molecule has 7 N–H and O–H groups in total. The molecule has 0 amide bonds. The number of hydrogen-bond acceptors (Lipinski definition) is 9. The van der Waals surface area contributed by atoms with Crippen molar-refractivity contribution in [3.63, 3.8) is 0 Å². The van der Waals surface area contributed by atoms with Crippen molar-refractivity contribution in [2.24, 2.45) is 17.6 Å². The lowest BCUT2D eigenvalue weighted by molar-refractivity contribution is 0.232. The fourth-order valence-corrected chi connectivity index (χ4v) is 4.09. The molecule has 0 aliphatic heterocycles. The number of nitrogen functional groups attached to an aromatic ring is 2. The Hall–Kier alpha value is -4.21. The van der Waals surface area contributed by atoms with Gasteiger partial charge in [-0.05, 0) is 73.0 Å². The van der Waals surface area contributed by atoms with Gasteiger partial charge in [-0.2, -0.15) is 0 Å². The second-order valence-electron chi connectivity index (χ2n) is 9.16. The summed E-state index contributed by atoms with van der Waals surface area (Å²) in [6.07, 6.45) is 4.56. The van der Waals surface area contributed by atoms with Crippen LogP contribution in [-0.4, -0.2) is 26.7 Å². The molecule has 1 unspecified atom stereocenters. The first kappa shape index (κ1) is 26.8. The van der Waals surface area contributed by atoms with Gasteiger partial charge in [0.05, 0.1) is 12.2 Å². The molecule has 0 bridgehead atoms. The predicted octanol–water partition coefficient (Wildman–Crippen LogP) is 5.74. The summed E-state index contributed by atoms with van der Waals surface area (Å²) < 4.78 is 6.01. The van der Waals surface area contributed by atoms with Crippen molar-refractivity contribution >= 4 is 11.4 Å². The van der Waals surface area contributed by atoms with Crippen LogP contribution in [0, 0.1) is 5.92 Å². The topological polar surface area (TPSA) is 144 Å². The molecule has 4 aromatic rings. The number of anilines is 2. The van der Waals surface area contributed by atoms with Gasteiger partial charge in [0.1, 0.15) is 11.5 Å². The SMILES string of the molecule is CCCCC(CC)COc1ccc(-c2nc(-c3ccc(NN)cc3)nc(-c3ccc(NN)cc3)n2)c(O)c1. The summed E-state index contributed by atoms with van der Waals surface area (Å²) in [6, 6.07) is 20.1. The Labute approximate surface area is 223 Å². The van der Waals surface area contributed by atoms with Crippen LogP contribution in [0.2, 0.25) is 0 Å². The second kappa shape index (κ2) is 12.8. The van der Waals surface area contributed by atoms with E-state index in [9.17, 15) is 5.11 Å². The lowest BCUT2D eigenvalue weighted by Gasteiger charge is -2.16. The van der Waals surface area contributed by atoms with Gasteiger partial charge in [-0.1, -0.05) is 33.1 Å². The number of rotatable bonds is 12. The first-order valence-electron chi connectivity index (χ1n) is 12.9. The molecule has 1 atom stereocenters. The number of nitrogens with one attached hydrogen (secondary N) is 2. The van der Waals surface area contributed by atoms with Crippen LogP contribution >= 0.6 is 0 Å². The molecule has 0 radical (unpaired) electrons. The Morgan fingerprint density at radius 3 is 1.82 bits per heavy atom. The molecule has 1 aromatic heterocycles. The Morgan fingerprint density at radius 2 is 1.34 bits per heavy atom. The third kappa shape index (κ3) is 6.56. The number of benzene rings is 3. The van der Waals surface area contributed by atoms with E-state index in [1.54, 1.807) is 12.1 Å². The zero-order chi connectivity index (χ0) is 26.9. The summed E-state index contributed by atoms with van der Waals surface area (Å²) in [4.78, 5) is 14.1. The van der Waals surface area contributed by atoms with Gasteiger partial charge in [-0.15, -0.1) is 0 Å². The van der Waals surface area contributed by atoms with E-state index in [1.165, 1.54) is 12.8 Å². The van der Waals surface area contributed by atoms with Gasteiger partial charge < -0.3 is 20.7 Å². The largest absolute Gasteiger partial charge is 0.507 e. The van der Waals surface area contributed by atoms with Gasteiger partial charge in [0.2, 0.25) is 0 Å². The molecule has 0 saturated carbocycles. The lowest BCUT2D eigenvalue weighted by Crippen LogP contribution is -2.11. The zero-order valence-corrected chi connectivity index (χ0v) is 21.8. The van der Waals surface area contributed by atoms with Crippen LogP contribution in [0.4, 0.5) is 11.4 Å². The van der Waals surface area contributed by atoms with E-state index in [0.29, 0.717) is 41.3 Å². The molecule has 3 aromatic carbocycles. The van der Waals surface area contributed by atoms with Crippen molar-refractivity contribution in [2.45, 2.75) is 39.5 Å². The molecule has 9 nitrogen and oxygen atoms in total. The minimum absolute atomic E-state index is 0.0394. The smallest absolute Gasteiger partial charge is 0.167 e. The molecule has 4 rings (SSSR count). The van der Waals surface area contributed by atoms with Crippen molar-refractivity contribution in [1.82, 2.24) is 15.0 Å². The molecule has 0 spiro atoms. The van der Waals surface area contributed by atoms with E-state index in [-0.39, 0.29) is 5.75 Å². The normalized spacial score (nSPS) is 11.7. The number of aromatic hydroxyl groups is 1. The lowest BCUT2D eigenvalue weighted by atomic mass is 10.0. The van der Waals surface area contributed by atoms with Gasteiger partial charge in [0.25, 0.3) is 0 Å². The molecule has 0 fully saturated rings. The Kier molecular flexibility index (Phi) is 9.07. The maximum Gasteiger partial charge on any atom is 0.167 e. The van der Waals surface area contributed by atoms with Gasteiger partial charge in [0.15, 0.2) is 17.5 Å². The standard InChI is InChI=1S/C29H35N7O2/c1-3-5-6-19(4-2)18-38-24-15-16-25(26(37)17-24)29-33-27(20-7-11-22(35-30)12-8-20)32-28(34-29)21-9-13-23(36-31)14-10-21/h7-17,19,35-37H,3-6,18,30-31H2,1-2H3. The molecule has 9 heteroatoms. The van der Waals surface area contributed by atoms with Gasteiger partial charge in [-0.25, -0.2) is 15.0 Å². The fourth-order valence-electron chi connectivity index (χ4n) is 4.09. The number of aromatic nitrogens is 3. The third-order valence-electron chi connectivity index (χ3n) is 6.49. The highest BCUT2D eigenvalue weighted by atomic mass is 16.5. The predicted molar refractivity (Wildman–Crippen MR) is 152 cm³/mol. The highest BCUT2D eigenvalue weighted by molar-refractivity contribution is 5.71. The molecule has 198 valence electrons. The minimum atomic E-state index is 0.0394. The van der Waals surface area contributed by atoms with E-state index in [4.69, 9.17) is 31.4 Å². The van der Waals surface area contributed by atoms with Crippen molar-refractivity contribution in [2.75, 3.05) is 17.5 Å². The van der Waals surface area contributed by atoms with E-state index in [1.807, 2.05) is 54.6 Å². The quantitative estimate of drug-likeness (QED) is 0.118. The van der Waals surface area contributed by atoms with Crippen molar-refractivity contribution in [1.29, 1.82) is 0 Å². The Bertz CT molecular complexity index is 1260. The van der Waals surface area contributed by atoms with E-state index in [0.717, 1.165) is 35.3 Å². The second-order valence-corrected chi connectivity index (χ2v) is 9.16. The molecular formula is C29H35N7O2. The van der Waals surface area contributed by atoms with Crippen LogP contribution < -0.4 is 27.3 Å². The van der Waals surface area contributed by atoms with Crippen LogP contribution in [0.15, 0.2) is 66.7 Å². The summed E-state index contributed by atoms with van der Waals surface area (Å²) in [5.41, 5.74) is 8.82. The number of phenols is 1. The van der Waals surface area contributed by atoms with Crippen LogP contribution in [0.3, 0.4) is 0 Å². The number of ether oxygens (including phenoxy) is 1. The Balaban J connectivity index is 1.68. The molecule has 38 heavy (non-hydrogen) atoms. The summed E-state index contributed by atoms with van der Waals surface area (Å²) in [5, 5.41) is 10.9. The number of phenolic OH excluding ortho intramolecular Hbond substituents is 1. The molecular weight excluding hydrogens is 478 g/mol. The molecule has 0 aliphatic carbocycles. The minimum Gasteiger partial charge on any atom is -0.507 e. The summed E-state index contributed by atoms with van der Waals surface area (Å²) >= 11 is 0. The number of unbranched alkanes of at least 4 members (excludes halogenated alkanes) is 1. The van der Waals surface area contributed by atoms with Crippen molar-refractivity contribution < 1.29 is 9.84 Å². The first-order chi connectivity index (χ1) is 18.5. The number of hydrogen-bond donors (Lipinski definition) is 5. The summed E-state index contributed by atoms with van der Waals surface area (Å²) in [6.45, 7) is 5.00. The van der Waals surface area contributed by atoms with Crippen molar-refractivity contribution in [3.05, 3.63) is 66.7 Å². The highest BCUT2D eigenvalue weighted by Crippen LogP contribution is 2.33. The summed E-state index contributed by atoms with van der Waals surface area (Å²) in [7, 11) is 0.